The van der Waals surface area contributed by atoms with Gasteiger partial charge in [0.25, 0.3) is 11.8 Å². The third kappa shape index (κ3) is 4.01. The lowest BCUT2D eigenvalue weighted by atomic mass is 10.2. The number of hydrogen-bond acceptors (Lipinski definition) is 4. The summed E-state index contributed by atoms with van der Waals surface area (Å²) < 4.78 is 40.9. The number of ether oxygens (including phenoxy) is 1. The van der Waals surface area contributed by atoms with E-state index in [0.29, 0.717) is 0 Å². The second kappa shape index (κ2) is 4.70. The number of carbonyl (C=O) groups is 1. The van der Waals surface area contributed by atoms with Gasteiger partial charge in [-0.25, -0.2) is 17.5 Å². The van der Waals surface area contributed by atoms with Crippen LogP contribution in [0.5, 0.6) is 0 Å². The summed E-state index contributed by atoms with van der Waals surface area (Å²) in [4.78, 5) is 11.1. The first kappa shape index (κ1) is 13.3. The molecule has 0 aromatic carbocycles. The third-order valence-electron chi connectivity index (χ3n) is 1.45. The maximum Gasteiger partial charge on any atom is 0.298 e. The van der Waals surface area contributed by atoms with Crippen molar-refractivity contribution in [2.24, 2.45) is 0 Å². The molecule has 84 valence electrons. The Balaban J connectivity index is 4.63. The highest BCUT2D eigenvalue weighted by Gasteiger charge is 2.38. The molecule has 1 amide bonds. The van der Waals surface area contributed by atoms with Gasteiger partial charge >= 0.3 is 0 Å². The normalized spacial score (nSPS) is 16.0. The Kier molecular flexibility index (Phi) is 4.47. The molecule has 0 aliphatic heterocycles. The first-order valence-electron chi connectivity index (χ1n) is 4.10. The van der Waals surface area contributed by atoms with E-state index in [1.807, 2.05) is 0 Å². The zero-order valence-electron chi connectivity index (χ0n) is 8.33. The molecule has 1 N–H and O–H groups in total. The van der Waals surface area contributed by atoms with Crippen LogP contribution in [0.2, 0.25) is 0 Å². The highest BCUT2D eigenvalue weighted by molar-refractivity contribution is 7.89. The smallest absolute Gasteiger partial charge is 0.298 e. The van der Waals surface area contributed by atoms with Crippen molar-refractivity contribution >= 4 is 15.9 Å². The Hall–Kier alpha value is -0.690. The number of sulfonamides is 1. The number of nitrogens with one attached hydrogen (secondary N) is 1. The van der Waals surface area contributed by atoms with Crippen molar-refractivity contribution < 1.29 is 22.3 Å². The molecule has 1 unspecified atom stereocenters. The molecule has 0 saturated carbocycles. The minimum Gasteiger partial charge on any atom is -0.339 e. The maximum atomic E-state index is 13.5. The van der Waals surface area contributed by atoms with Gasteiger partial charge in [-0.05, 0) is 6.92 Å². The lowest BCUT2D eigenvalue weighted by molar-refractivity contribution is -0.174. The van der Waals surface area contributed by atoms with Crippen LogP contribution >= 0.6 is 0 Å². The largest absolute Gasteiger partial charge is 0.339 e. The van der Waals surface area contributed by atoms with Crippen molar-refractivity contribution in [3.05, 3.63) is 0 Å². The van der Waals surface area contributed by atoms with Gasteiger partial charge in [-0.15, -0.1) is 0 Å². The van der Waals surface area contributed by atoms with E-state index >= 15 is 0 Å². The van der Waals surface area contributed by atoms with Crippen LogP contribution in [-0.2, 0) is 19.6 Å². The highest BCUT2D eigenvalue weighted by atomic mass is 32.2. The molecule has 5 nitrogen and oxygen atoms in total. The van der Waals surface area contributed by atoms with Crippen LogP contribution in [0, 0.1) is 0 Å². The quantitative estimate of drug-likeness (QED) is 0.727. The monoisotopic (exact) mass is 227 g/mol. The molecule has 0 aromatic heterocycles. The SMILES string of the molecule is CCOC(F)(CC)C(=O)NS(C)(=O)=O. The number of amides is 1. The first-order chi connectivity index (χ1) is 6.25. The van der Waals surface area contributed by atoms with E-state index < -0.39 is 21.8 Å². The Bertz CT molecular complexity index is 303. The Morgan fingerprint density at radius 3 is 2.29 bits per heavy atom. The summed E-state index contributed by atoms with van der Waals surface area (Å²) in [6.45, 7) is 2.89. The zero-order chi connectivity index (χ0) is 11.4. The van der Waals surface area contributed by atoms with Crippen LogP contribution in [-0.4, -0.2) is 33.0 Å². The average Bonchev–Trinajstić information content (AvgIpc) is 2.01. The predicted molar refractivity (Wildman–Crippen MR) is 48.7 cm³/mol. The summed E-state index contributed by atoms with van der Waals surface area (Å²) >= 11 is 0. The topological polar surface area (TPSA) is 72.5 Å². The fourth-order valence-corrected chi connectivity index (χ4v) is 1.29. The van der Waals surface area contributed by atoms with E-state index in [1.165, 1.54) is 18.6 Å². The van der Waals surface area contributed by atoms with E-state index in [9.17, 15) is 17.6 Å². The van der Waals surface area contributed by atoms with Crippen LogP contribution in [0.1, 0.15) is 20.3 Å². The minimum atomic E-state index is -3.75. The number of rotatable bonds is 5. The molecule has 0 aromatic rings. The van der Waals surface area contributed by atoms with E-state index in [1.54, 1.807) is 0 Å². The van der Waals surface area contributed by atoms with Gasteiger partial charge in [0.1, 0.15) is 0 Å². The van der Waals surface area contributed by atoms with Crippen molar-refractivity contribution in [3.8, 4) is 0 Å². The number of halogens is 1. The number of hydrogen-bond donors (Lipinski definition) is 1. The van der Waals surface area contributed by atoms with Gasteiger partial charge in [0.05, 0.1) is 6.26 Å². The van der Waals surface area contributed by atoms with Crippen LogP contribution in [0.15, 0.2) is 0 Å². The number of carbonyl (C=O) groups excluding carboxylic acids is 1. The maximum absolute atomic E-state index is 13.5. The minimum absolute atomic E-state index is 0.0124. The van der Waals surface area contributed by atoms with E-state index in [0.717, 1.165) is 6.26 Å². The zero-order valence-corrected chi connectivity index (χ0v) is 9.15. The molecular formula is C7H14FNO4S. The summed E-state index contributed by atoms with van der Waals surface area (Å²) in [6.07, 6.45) is 0.523. The summed E-state index contributed by atoms with van der Waals surface area (Å²) in [5.74, 6) is -3.86. The lowest BCUT2D eigenvalue weighted by Gasteiger charge is -2.21. The molecule has 1 atom stereocenters. The standard InChI is InChI=1S/C7H14FNO4S/c1-4-7(8,13-5-2)6(10)9-14(3,11)12/h4-5H2,1-3H3,(H,9,10). The molecule has 0 heterocycles. The average molecular weight is 227 g/mol. The van der Waals surface area contributed by atoms with Crippen molar-refractivity contribution in [1.29, 1.82) is 0 Å². The van der Waals surface area contributed by atoms with E-state index in [4.69, 9.17) is 0 Å². The van der Waals surface area contributed by atoms with Gasteiger partial charge in [-0.1, -0.05) is 6.92 Å². The van der Waals surface area contributed by atoms with Crippen molar-refractivity contribution in [2.75, 3.05) is 12.9 Å². The fourth-order valence-electron chi connectivity index (χ4n) is 0.802. The van der Waals surface area contributed by atoms with Crippen molar-refractivity contribution in [2.45, 2.75) is 26.1 Å². The molecule has 0 aliphatic carbocycles. The van der Waals surface area contributed by atoms with Gasteiger partial charge in [-0.2, -0.15) is 0 Å². The van der Waals surface area contributed by atoms with Crippen molar-refractivity contribution in [3.63, 3.8) is 0 Å². The first-order valence-corrected chi connectivity index (χ1v) is 5.99. The second-order valence-corrected chi connectivity index (χ2v) is 4.47. The van der Waals surface area contributed by atoms with Crippen LogP contribution in [0.4, 0.5) is 4.39 Å². The molecule has 14 heavy (non-hydrogen) atoms. The van der Waals surface area contributed by atoms with Gasteiger partial charge in [0.2, 0.25) is 10.0 Å². The molecule has 0 spiro atoms. The van der Waals surface area contributed by atoms with Gasteiger partial charge in [0, 0.05) is 13.0 Å². The molecule has 0 bridgehead atoms. The van der Waals surface area contributed by atoms with Crippen LogP contribution < -0.4 is 4.72 Å². The summed E-state index contributed by atoms with van der Waals surface area (Å²) in [5, 5.41) is 0. The fraction of sp³-hybridized carbons (Fsp3) is 0.857. The molecule has 0 fully saturated rings. The molecule has 0 saturated heterocycles. The lowest BCUT2D eigenvalue weighted by Crippen LogP contribution is -2.47. The van der Waals surface area contributed by atoms with Gasteiger partial charge in [-0.3, -0.25) is 4.79 Å². The molecular weight excluding hydrogens is 213 g/mol. The Morgan fingerprint density at radius 1 is 1.50 bits per heavy atom. The van der Waals surface area contributed by atoms with Gasteiger partial charge in [0.15, 0.2) is 0 Å². The molecule has 7 heteroatoms. The Morgan fingerprint density at radius 2 is 2.00 bits per heavy atom. The third-order valence-corrected chi connectivity index (χ3v) is 2.00. The number of alkyl halides is 1. The molecule has 0 rings (SSSR count). The van der Waals surface area contributed by atoms with Crippen molar-refractivity contribution in [1.82, 2.24) is 4.72 Å². The van der Waals surface area contributed by atoms with E-state index in [2.05, 4.69) is 4.74 Å². The summed E-state index contributed by atoms with van der Waals surface area (Å²) in [7, 11) is -3.75. The van der Waals surface area contributed by atoms with Gasteiger partial charge < -0.3 is 4.74 Å². The predicted octanol–water partition coefficient (Wildman–Crippen LogP) is 0.175. The Labute approximate surface area is 82.7 Å². The molecule has 0 aliphatic rings. The second-order valence-electron chi connectivity index (χ2n) is 2.72. The molecule has 0 radical (unpaired) electrons. The van der Waals surface area contributed by atoms with Crippen LogP contribution in [0.3, 0.4) is 0 Å². The summed E-state index contributed by atoms with van der Waals surface area (Å²) in [5.41, 5.74) is 0. The highest BCUT2D eigenvalue weighted by Crippen LogP contribution is 2.18. The van der Waals surface area contributed by atoms with Crippen LogP contribution in [0.25, 0.3) is 0 Å². The summed E-state index contributed by atoms with van der Waals surface area (Å²) in [6, 6.07) is 0. The van der Waals surface area contributed by atoms with E-state index in [-0.39, 0.29) is 13.0 Å².